The molecule has 3 nitrogen and oxygen atoms in total. The van der Waals surface area contributed by atoms with Crippen molar-refractivity contribution in [2.45, 2.75) is 39.3 Å². The SMILES string of the molecule is CCn1nccc1C(N)CCc1ccccc1C. The first kappa shape index (κ1) is 12.8. The molecule has 1 heterocycles. The van der Waals surface area contributed by atoms with E-state index >= 15 is 0 Å². The molecule has 0 bridgehead atoms. The summed E-state index contributed by atoms with van der Waals surface area (Å²) in [4.78, 5) is 0. The summed E-state index contributed by atoms with van der Waals surface area (Å²) >= 11 is 0. The van der Waals surface area contributed by atoms with Gasteiger partial charge in [-0.1, -0.05) is 24.3 Å². The van der Waals surface area contributed by atoms with E-state index in [-0.39, 0.29) is 6.04 Å². The third-order valence-corrected chi connectivity index (χ3v) is 3.41. The Hall–Kier alpha value is -1.61. The van der Waals surface area contributed by atoms with Crippen molar-refractivity contribution >= 4 is 0 Å². The summed E-state index contributed by atoms with van der Waals surface area (Å²) in [5.74, 6) is 0. The Balaban J connectivity index is 2.01. The van der Waals surface area contributed by atoms with E-state index in [1.165, 1.54) is 11.1 Å². The Bertz CT molecular complexity index is 502. The normalized spacial score (nSPS) is 12.6. The van der Waals surface area contributed by atoms with Crippen LogP contribution in [0.25, 0.3) is 0 Å². The van der Waals surface area contributed by atoms with Crippen LogP contribution in [0, 0.1) is 6.92 Å². The predicted octanol–water partition coefficient (Wildman–Crippen LogP) is 2.84. The second kappa shape index (κ2) is 5.83. The van der Waals surface area contributed by atoms with E-state index < -0.39 is 0 Å². The lowest BCUT2D eigenvalue weighted by Gasteiger charge is -2.14. The number of benzene rings is 1. The lowest BCUT2D eigenvalue weighted by molar-refractivity contribution is 0.547. The number of nitrogens with zero attached hydrogens (tertiary/aromatic N) is 2. The van der Waals surface area contributed by atoms with E-state index in [9.17, 15) is 0 Å². The maximum atomic E-state index is 6.25. The van der Waals surface area contributed by atoms with Gasteiger partial charge in [-0.25, -0.2) is 0 Å². The van der Waals surface area contributed by atoms with Crippen LogP contribution in [0.4, 0.5) is 0 Å². The molecule has 0 aliphatic heterocycles. The van der Waals surface area contributed by atoms with Gasteiger partial charge in [0.15, 0.2) is 0 Å². The largest absolute Gasteiger partial charge is 0.323 e. The maximum absolute atomic E-state index is 6.25. The fraction of sp³-hybridized carbons (Fsp3) is 0.400. The van der Waals surface area contributed by atoms with Crippen LogP contribution in [0.15, 0.2) is 36.5 Å². The van der Waals surface area contributed by atoms with Gasteiger partial charge in [-0.2, -0.15) is 5.10 Å². The molecular formula is C15H21N3. The van der Waals surface area contributed by atoms with Crippen LogP contribution in [0.5, 0.6) is 0 Å². The molecule has 0 saturated heterocycles. The molecule has 2 rings (SSSR count). The minimum absolute atomic E-state index is 0.0621. The lowest BCUT2D eigenvalue weighted by Crippen LogP contribution is -2.16. The van der Waals surface area contributed by atoms with Gasteiger partial charge in [0, 0.05) is 18.8 Å². The molecule has 0 fully saturated rings. The van der Waals surface area contributed by atoms with Crippen molar-refractivity contribution in [2.75, 3.05) is 0 Å². The molecule has 0 amide bonds. The topological polar surface area (TPSA) is 43.8 Å². The first-order chi connectivity index (χ1) is 8.72. The van der Waals surface area contributed by atoms with Gasteiger partial charge in [0.05, 0.1) is 5.69 Å². The molecule has 0 aliphatic carbocycles. The van der Waals surface area contributed by atoms with Crippen LogP contribution < -0.4 is 5.73 Å². The van der Waals surface area contributed by atoms with Crippen LogP contribution in [0.2, 0.25) is 0 Å². The van der Waals surface area contributed by atoms with Crippen molar-refractivity contribution in [1.82, 2.24) is 9.78 Å². The molecule has 2 N–H and O–H groups in total. The first-order valence-corrected chi connectivity index (χ1v) is 6.54. The zero-order valence-electron chi connectivity index (χ0n) is 11.1. The minimum atomic E-state index is 0.0621. The van der Waals surface area contributed by atoms with E-state index in [0.717, 1.165) is 25.1 Å². The van der Waals surface area contributed by atoms with E-state index in [1.54, 1.807) is 0 Å². The molecule has 2 aromatic rings. The van der Waals surface area contributed by atoms with Crippen LogP contribution in [-0.4, -0.2) is 9.78 Å². The van der Waals surface area contributed by atoms with Crippen LogP contribution in [0.1, 0.15) is 36.2 Å². The molecule has 18 heavy (non-hydrogen) atoms. The molecule has 1 aromatic heterocycles. The van der Waals surface area contributed by atoms with Gasteiger partial charge in [0.25, 0.3) is 0 Å². The fourth-order valence-electron chi connectivity index (χ4n) is 2.27. The monoisotopic (exact) mass is 243 g/mol. The summed E-state index contributed by atoms with van der Waals surface area (Å²) in [5, 5.41) is 4.26. The highest BCUT2D eigenvalue weighted by atomic mass is 15.3. The molecule has 1 unspecified atom stereocenters. The van der Waals surface area contributed by atoms with Gasteiger partial charge in [0.1, 0.15) is 0 Å². The molecule has 3 heteroatoms. The van der Waals surface area contributed by atoms with Gasteiger partial charge in [-0.3, -0.25) is 4.68 Å². The van der Waals surface area contributed by atoms with E-state index in [4.69, 9.17) is 5.73 Å². The summed E-state index contributed by atoms with van der Waals surface area (Å²) in [6, 6.07) is 10.6. The molecule has 1 aromatic carbocycles. The second-order valence-corrected chi connectivity index (χ2v) is 4.64. The third-order valence-electron chi connectivity index (χ3n) is 3.41. The number of hydrogen-bond acceptors (Lipinski definition) is 2. The smallest absolute Gasteiger partial charge is 0.0551 e. The van der Waals surface area contributed by atoms with E-state index in [0.29, 0.717) is 0 Å². The van der Waals surface area contributed by atoms with Crippen molar-refractivity contribution < 1.29 is 0 Å². The predicted molar refractivity (Wildman–Crippen MR) is 74.3 cm³/mol. The minimum Gasteiger partial charge on any atom is -0.323 e. The number of rotatable bonds is 5. The average Bonchev–Trinajstić information content (AvgIpc) is 2.86. The van der Waals surface area contributed by atoms with Gasteiger partial charge in [0.2, 0.25) is 0 Å². The highest BCUT2D eigenvalue weighted by molar-refractivity contribution is 5.25. The summed E-state index contributed by atoms with van der Waals surface area (Å²) in [6.07, 6.45) is 3.80. The summed E-state index contributed by atoms with van der Waals surface area (Å²) in [5.41, 5.74) is 10.1. The van der Waals surface area contributed by atoms with Crippen molar-refractivity contribution in [1.29, 1.82) is 0 Å². The van der Waals surface area contributed by atoms with Crippen LogP contribution in [0.3, 0.4) is 0 Å². The number of aryl methyl sites for hydroxylation is 3. The van der Waals surface area contributed by atoms with Gasteiger partial charge < -0.3 is 5.73 Å². The highest BCUT2D eigenvalue weighted by Crippen LogP contribution is 2.18. The Morgan fingerprint density at radius 2 is 2.06 bits per heavy atom. The Morgan fingerprint density at radius 3 is 2.78 bits per heavy atom. The lowest BCUT2D eigenvalue weighted by atomic mass is 10.00. The fourth-order valence-corrected chi connectivity index (χ4v) is 2.27. The van der Waals surface area contributed by atoms with Crippen molar-refractivity contribution in [3.8, 4) is 0 Å². The van der Waals surface area contributed by atoms with Crippen molar-refractivity contribution in [3.63, 3.8) is 0 Å². The third kappa shape index (κ3) is 2.79. The summed E-state index contributed by atoms with van der Waals surface area (Å²) in [6.45, 7) is 5.11. The van der Waals surface area contributed by atoms with Gasteiger partial charge >= 0.3 is 0 Å². The van der Waals surface area contributed by atoms with Gasteiger partial charge in [-0.15, -0.1) is 0 Å². The summed E-state index contributed by atoms with van der Waals surface area (Å²) < 4.78 is 1.97. The van der Waals surface area contributed by atoms with Crippen molar-refractivity contribution in [3.05, 3.63) is 53.3 Å². The maximum Gasteiger partial charge on any atom is 0.0551 e. The van der Waals surface area contributed by atoms with E-state index in [1.807, 2.05) is 16.9 Å². The van der Waals surface area contributed by atoms with Crippen molar-refractivity contribution in [2.24, 2.45) is 5.73 Å². The quantitative estimate of drug-likeness (QED) is 0.877. The van der Waals surface area contributed by atoms with E-state index in [2.05, 4.69) is 43.2 Å². The van der Waals surface area contributed by atoms with Gasteiger partial charge in [-0.05, 0) is 43.9 Å². The zero-order valence-corrected chi connectivity index (χ0v) is 11.1. The molecule has 1 atom stereocenters. The molecule has 0 aliphatic rings. The zero-order chi connectivity index (χ0) is 13.0. The van der Waals surface area contributed by atoms with Crippen LogP contribution in [-0.2, 0) is 13.0 Å². The molecule has 96 valence electrons. The molecule has 0 radical (unpaired) electrons. The molecule has 0 spiro atoms. The number of hydrogen-bond donors (Lipinski definition) is 1. The summed E-state index contributed by atoms with van der Waals surface area (Å²) in [7, 11) is 0. The standard InChI is InChI=1S/C15H21N3/c1-3-18-15(10-11-17-18)14(16)9-8-13-7-5-4-6-12(13)2/h4-7,10-11,14H,3,8-9,16H2,1-2H3. The highest BCUT2D eigenvalue weighted by Gasteiger charge is 2.11. The molecule has 0 saturated carbocycles. The Labute approximate surface area is 109 Å². The van der Waals surface area contributed by atoms with Crippen LogP contribution >= 0.6 is 0 Å². The Kier molecular flexibility index (Phi) is 4.15. The Morgan fingerprint density at radius 1 is 1.28 bits per heavy atom. The number of aromatic nitrogens is 2. The molecular weight excluding hydrogens is 222 g/mol. The average molecular weight is 243 g/mol. The second-order valence-electron chi connectivity index (χ2n) is 4.64. The first-order valence-electron chi connectivity index (χ1n) is 6.54. The number of nitrogens with two attached hydrogens (primary N) is 1.